The molecular formula is C9H10Cu2F6O6S2. The van der Waals surface area contributed by atoms with Crippen molar-refractivity contribution in [3.05, 3.63) is 35.9 Å². The molecule has 0 unspecified atom stereocenters. The first kappa shape index (κ1) is 32.3. The fourth-order valence-electron chi connectivity index (χ4n) is 0.534. The summed E-state index contributed by atoms with van der Waals surface area (Å²) in [6, 6.07) is 10.3. The fourth-order valence-corrected chi connectivity index (χ4v) is 0.534. The minimum absolute atomic E-state index is 0. The van der Waals surface area contributed by atoms with E-state index in [4.69, 9.17) is 25.9 Å². The standard InChI is InChI=1S/C7H8.2CHF3O3S.2Cu/c1-7-5-3-2-4-6-7;2*2-1(3,4)8(5,6)7;;/h2-6H,1H3;2*(H,5,6,7);;. The zero-order chi connectivity index (χ0) is 19.1. The number of rotatable bonds is 0. The molecule has 6 nitrogen and oxygen atoms in total. The maximum Gasteiger partial charge on any atom is 0.522 e. The molecule has 0 fully saturated rings. The Balaban J connectivity index is -0.000000127. The van der Waals surface area contributed by atoms with Gasteiger partial charge in [0.25, 0.3) is 0 Å². The Bertz CT molecular complexity index is 631. The third kappa shape index (κ3) is 16.9. The van der Waals surface area contributed by atoms with Gasteiger partial charge >= 0.3 is 31.3 Å². The van der Waals surface area contributed by atoms with Crippen LogP contribution >= 0.6 is 0 Å². The van der Waals surface area contributed by atoms with E-state index in [1.807, 2.05) is 18.2 Å². The monoisotopic (exact) mass is 518 g/mol. The zero-order valence-corrected chi connectivity index (χ0v) is 15.1. The van der Waals surface area contributed by atoms with Crippen LogP contribution in [0.15, 0.2) is 30.3 Å². The van der Waals surface area contributed by atoms with Crippen LogP contribution in [0, 0.1) is 6.92 Å². The van der Waals surface area contributed by atoms with Gasteiger partial charge in [-0.1, -0.05) is 35.9 Å². The molecule has 16 heteroatoms. The zero-order valence-electron chi connectivity index (χ0n) is 11.6. The normalized spacial score (nSPS) is 11.4. The molecule has 0 aromatic heterocycles. The molecule has 1 aromatic carbocycles. The molecular weight excluding hydrogens is 509 g/mol. The molecule has 0 aliphatic carbocycles. The molecule has 0 aliphatic heterocycles. The first-order chi connectivity index (χ1) is 9.89. The minimum Gasteiger partial charge on any atom is -0.279 e. The van der Waals surface area contributed by atoms with Crippen molar-refractivity contribution in [2.24, 2.45) is 0 Å². The summed E-state index contributed by atoms with van der Waals surface area (Å²) in [7, 11) is -11.7. The molecule has 0 aliphatic rings. The van der Waals surface area contributed by atoms with Crippen molar-refractivity contribution in [3.8, 4) is 0 Å². The second-order valence-corrected chi connectivity index (χ2v) is 6.32. The van der Waals surface area contributed by atoms with Crippen LogP contribution in [-0.4, -0.2) is 37.0 Å². The molecule has 0 heterocycles. The van der Waals surface area contributed by atoms with Gasteiger partial charge in [0.15, 0.2) is 0 Å². The maximum absolute atomic E-state index is 10.7. The summed E-state index contributed by atoms with van der Waals surface area (Å²) in [4.78, 5) is 0. The summed E-state index contributed by atoms with van der Waals surface area (Å²) < 4.78 is 115. The second-order valence-electron chi connectivity index (χ2n) is 3.50. The third-order valence-electron chi connectivity index (χ3n) is 1.53. The summed E-state index contributed by atoms with van der Waals surface area (Å²) in [5.41, 5.74) is -9.75. The smallest absolute Gasteiger partial charge is 0.279 e. The second kappa shape index (κ2) is 12.1. The molecule has 25 heavy (non-hydrogen) atoms. The molecule has 0 saturated carbocycles. The van der Waals surface area contributed by atoms with Gasteiger partial charge in [-0.25, -0.2) is 0 Å². The molecule has 1 rings (SSSR count). The van der Waals surface area contributed by atoms with Gasteiger partial charge in [-0.05, 0) is 6.92 Å². The Labute approximate surface area is 160 Å². The quantitative estimate of drug-likeness (QED) is 0.236. The fraction of sp³-hybridized carbons (Fsp3) is 0.333. The van der Waals surface area contributed by atoms with Crippen molar-refractivity contribution < 1.29 is 86.4 Å². The number of hydrogen-bond donors (Lipinski definition) is 2. The van der Waals surface area contributed by atoms with Gasteiger partial charge in [0.1, 0.15) is 0 Å². The van der Waals surface area contributed by atoms with Gasteiger partial charge in [0, 0.05) is 34.1 Å². The number of halogens is 6. The molecule has 158 valence electrons. The molecule has 1 aromatic rings. The van der Waals surface area contributed by atoms with Gasteiger partial charge in [-0.2, -0.15) is 43.2 Å². The maximum atomic E-state index is 10.7. The van der Waals surface area contributed by atoms with Crippen LogP contribution in [-0.2, 0) is 54.4 Å². The SMILES string of the molecule is Cc1ccccc1.O=S(=O)(O)C(F)(F)F.O=S(=O)(O)C(F)(F)F.[Cu].[Cu]. The number of aryl methyl sites for hydroxylation is 1. The van der Waals surface area contributed by atoms with Crippen molar-refractivity contribution in [1.82, 2.24) is 0 Å². The van der Waals surface area contributed by atoms with E-state index >= 15 is 0 Å². The Morgan fingerprint density at radius 1 is 0.720 bits per heavy atom. The van der Waals surface area contributed by atoms with E-state index in [2.05, 4.69) is 19.1 Å². The van der Waals surface area contributed by atoms with Crippen LogP contribution in [0.3, 0.4) is 0 Å². The summed E-state index contributed by atoms with van der Waals surface area (Å²) in [6.07, 6.45) is 0. The minimum atomic E-state index is -5.84. The Kier molecular flexibility index (Phi) is 15.7. The van der Waals surface area contributed by atoms with E-state index in [0.717, 1.165) is 0 Å². The topological polar surface area (TPSA) is 109 Å². The first-order valence-corrected chi connectivity index (χ1v) is 7.86. The predicted molar refractivity (Wildman–Crippen MR) is 66.4 cm³/mol. The molecule has 2 radical (unpaired) electrons. The predicted octanol–water partition coefficient (Wildman–Crippen LogP) is 2.78. The number of alkyl halides is 6. The van der Waals surface area contributed by atoms with E-state index in [1.165, 1.54) is 5.56 Å². The van der Waals surface area contributed by atoms with Gasteiger partial charge < -0.3 is 0 Å². The Hall–Kier alpha value is -0.341. The largest absolute Gasteiger partial charge is 0.522 e. The van der Waals surface area contributed by atoms with Crippen molar-refractivity contribution in [1.29, 1.82) is 0 Å². The van der Waals surface area contributed by atoms with Gasteiger partial charge in [0.2, 0.25) is 0 Å². The van der Waals surface area contributed by atoms with Crippen LogP contribution in [0.4, 0.5) is 26.3 Å². The first-order valence-electron chi connectivity index (χ1n) is 4.98. The number of hydrogen-bond acceptors (Lipinski definition) is 4. The van der Waals surface area contributed by atoms with E-state index in [0.29, 0.717) is 0 Å². The Morgan fingerprint density at radius 2 is 0.920 bits per heavy atom. The van der Waals surface area contributed by atoms with Gasteiger partial charge in [-0.15, -0.1) is 0 Å². The van der Waals surface area contributed by atoms with E-state index in [1.54, 1.807) is 0 Å². The van der Waals surface area contributed by atoms with Crippen LogP contribution in [0.2, 0.25) is 0 Å². The molecule has 0 amide bonds. The van der Waals surface area contributed by atoms with Gasteiger partial charge in [-0.3, -0.25) is 9.11 Å². The van der Waals surface area contributed by atoms with Crippen LogP contribution in [0.5, 0.6) is 0 Å². The average molecular weight is 519 g/mol. The van der Waals surface area contributed by atoms with E-state index < -0.39 is 31.3 Å². The summed E-state index contributed by atoms with van der Waals surface area (Å²) >= 11 is 0. The van der Waals surface area contributed by atoms with Crippen molar-refractivity contribution in [3.63, 3.8) is 0 Å². The third-order valence-corrected chi connectivity index (χ3v) is 2.70. The summed E-state index contributed by atoms with van der Waals surface area (Å²) in [5, 5.41) is 0. The van der Waals surface area contributed by atoms with Crippen LogP contribution in [0.1, 0.15) is 5.56 Å². The van der Waals surface area contributed by atoms with E-state index in [-0.39, 0.29) is 34.1 Å². The van der Waals surface area contributed by atoms with Crippen molar-refractivity contribution in [2.75, 3.05) is 0 Å². The van der Waals surface area contributed by atoms with Crippen molar-refractivity contribution in [2.45, 2.75) is 17.9 Å². The molecule has 2 N–H and O–H groups in total. The Morgan fingerprint density at radius 3 is 1.00 bits per heavy atom. The van der Waals surface area contributed by atoms with Crippen LogP contribution in [0.25, 0.3) is 0 Å². The number of benzene rings is 1. The van der Waals surface area contributed by atoms with Crippen LogP contribution < -0.4 is 0 Å². The average Bonchev–Trinajstić information content (AvgIpc) is 2.25. The molecule has 0 spiro atoms. The van der Waals surface area contributed by atoms with E-state index in [9.17, 15) is 26.3 Å². The molecule has 0 atom stereocenters. The van der Waals surface area contributed by atoms with Gasteiger partial charge in [0.05, 0.1) is 0 Å². The molecule has 0 saturated heterocycles. The summed E-state index contributed by atoms with van der Waals surface area (Å²) in [6.45, 7) is 2.08. The summed E-state index contributed by atoms with van der Waals surface area (Å²) in [5.74, 6) is 0. The molecule has 0 bridgehead atoms. The van der Waals surface area contributed by atoms with Crippen molar-refractivity contribution >= 4 is 20.2 Å².